The monoisotopic (exact) mass is 394 g/mol. The first-order chi connectivity index (χ1) is 13.9. The highest BCUT2D eigenvalue weighted by molar-refractivity contribution is 5.96. The molecule has 0 aliphatic rings. The van der Waals surface area contributed by atoms with Crippen molar-refractivity contribution in [1.29, 1.82) is 5.26 Å². The fourth-order valence-electron chi connectivity index (χ4n) is 3.51. The maximum absolute atomic E-state index is 13.0. The Labute approximate surface area is 175 Å². The highest BCUT2D eigenvalue weighted by atomic mass is 16.2. The first-order valence-electron chi connectivity index (χ1n) is 10.7. The van der Waals surface area contributed by atoms with E-state index in [0.29, 0.717) is 17.2 Å². The molecule has 0 radical (unpaired) electrons. The molecule has 0 bridgehead atoms. The number of carbonyl (C=O) groups excluding carboxylic acids is 1. The third kappa shape index (κ3) is 5.95. The fraction of sp³-hybridized carbons (Fsp3) is 0.500. The third-order valence-corrected chi connectivity index (χ3v) is 5.44. The molecule has 1 aromatic carbocycles. The summed E-state index contributed by atoms with van der Waals surface area (Å²) in [6, 6.07) is 12.1. The van der Waals surface area contributed by atoms with Crippen LogP contribution < -0.4 is 5.32 Å². The molecule has 2 rings (SSSR count). The average Bonchev–Trinajstić information content (AvgIpc) is 3.15. The molecule has 1 aromatic heterocycles. The highest BCUT2D eigenvalue weighted by Gasteiger charge is 2.20. The van der Waals surface area contributed by atoms with Gasteiger partial charge in [0, 0.05) is 17.9 Å². The first-order valence-corrected chi connectivity index (χ1v) is 10.7. The van der Waals surface area contributed by atoms with Gasteiger partial charge in [0.05, 0.1) is 5.56 Å². The van der Waals surface area contributed by atoms with Gasteiger partial charge in [-0.1, -0.05) is 39.8 Å². The van der Waals surface area contributed by atoms with E-state index >= 15 is 0 Å². The van der Waals surface area contributed by atoms with Crippen molar-refractivity contribution in [3.8, 4) is 11.8 Å². The van der Waals surface area contributed by atoms with Gasteiger partial charge in [0.1, 0.15) is 11.8 Å². The minimum atomic E-state index is -0.199. The molecule has 29 heavy (non-hydrogen) atoms. The number of hydrogen-bond acceptors (Lipinski definition) is 3. The summed E-state index contributed by atoms with van der Waals surface area (Å²) in [5.74, 6) is 0.248. The fourth-order valence-corrected chi connectivity index (χ4v) is 3.51. The molecular weight excluding hydrogens is 360 g/mol. The molecule has 1 atom stereocenters. The Morgan fingerprint density at radius 2 is 1.79 bits per heavy atom. The topological polar surface area (TPSA) is 61.1 Å². The molecule has 0 aliphatic heterocycles. The van der Waals surface area contributed by atoms with Crippen molar-refractivity contribution in [3.63, 3.8) is 0 Å². The minimum absolute atomic E-state index is 0.0521. The number of nitrogens with one attached hydrogen (secondary N) is 1. The van der Waals surface area contributed by atoms with Gasteiger partial charge in [0.15, 0.2) is 0 Å². The van der Waals surface area contributed by atoms with Crippen molar-refractivity contribution >= 4 is 5.91 Å². The van der Waals surface area contributed by atoms with Crippen LogP contribution in [0.15, 0.2) is 36.5 Å². The van der Waals surface area contributed by atoms with Crippen LogP contribution in [0.3, 0.4) is 0 Å². The van der Waals surface area contributed by atoms with Crippen molar-refractivity contribution < 1.29 is 4.79 Å². The van der Waals surface area contributed by atoms with Gasteiger partial charge in [-0.3, -0.25) is 4.79 Å². The number of amides is 1. The Morgan fingerprint density at radius 3 is 2.34 bits per heavy atom. The summed E-state index contributed by atoms with van der Waals surface area (Å²) in [6.07, 6.45) is 3.74. The normalized spacial score (nSPS) is 12.2. The van der Waals surface area contributed by atoms with Gasteiger partial charge in [-0.2, -0.15) is 5.26 Å². The van der Waals surface area contributed by atoms with Crippen molar-refractivity contribution in [2.45, 2.75) is 59.4 Å². The van der Waals surface area contributed by atoms with Gasteiger partial charge < -0.3 is 14.8 Å². The standard InChI is InChI=1S/C24H34N4O/c1-6-27(7-2)15-8-9-19(5)26-24(29)23-21(17-25)14-16-28(23)22-12-10-20(11-13-22)18(3)4/h10-14,16,18-19H,6-9,15H2,1-5H3,(H,26,29). The molecule has 1 heterocycles. The van der Waals surface area contributed by atoms with E-state index in [1.54, 1.807) is 16.8 Å². The second-order valence-electron chi connectivity index (χ2n) is 7.85. The smallest absolute Gasteiger partial charge is 0.269 e. The van der Waals surface area contributed by atoms with Crippen LogP contribution in [-0.4, -0.2) is 41.1 Å². The lowest BCUT2D eigenvalue weighted by molar-refractivity contribution is 0.0930. The summed E-state index contributed by atoms with van der Waals surface area (Å²) in [6.45, 7) is 13.8. The molecule has 5 nitrogen and oxygen atoms in total. The summed E-state index contributed by atoms with van der Waals surface area (Å²) in [4.78, 5) is 15.4. The Hall–Kier alpha value is -2.58. The minimum Gasteiger partial charge on any atom is -0.348 e. The maximum atomic E-state index is 13.0. The van der Waals surface area contributed by atoms with Crippen LogP contribution in [0, 0.1) is 11.3 Å². The lowest BCUT2D eigenvalue weighted by Gasteiger charge is -2.20. The summed E-state index contributed by atoms with van der Waals surface area (Å²) < 4.78 is 1.81. The van der Waals surface area contributed by atoms with Gasteiger partial charge in [-0.25, -0.2) is 0 Å². The van der Waals surface area contributed by atoms with Crippen LogP contribution in [0.4, 0.5) is 0 Å². The summed E-state index contributed by atoms with van der Waals surface area (Å²) in [5.41, 5.74) is 2.93. The molecule has 0 fully saturated rings. The molecule has 0 aliphatic carbocycles. The Balaban J connectivity index is 2.11. The summed E-state index contributed by atoms with van der Waals surface area (Å²) in [5, 5.41) is 12.6. The largest absolute Gasteiger partial charge is 0.348 e. The van der Waals surface area contributed by atoms with Crippen LogP contribution in [0.25, 0.3) is 5.69 Å². The molecule has 2 aromatic rings. The molecule has 5 heteroatoms. The van der Waals surface area contributed by atoms with Crippen molar-refractivity contribution in [3.05, 3.63) is 53.3 Å². The average molecular weight is 395 g/mol. The van der Waals surface area contributed by atoms with Crippen molar-refractivity contribution in [2.75, 3.05) is 19.6 Å². The predicted octanol–water partition coefficient (Wildman–Crippen LogP) is 4.71. The summed E-state index contributed by atoms with van der Waals surface area (Å²) in [7, 11) is 0. The molecule has 1 N–H and O–H groups in total. The number of benzene rings is 1. The molecule has 1 amide bonds. The second kappa shape index (κ2) is 10.8. The Morgan fingerprint density at radius 1 is 1.14 bits per heavy atom. The van der Waals surface area contributed by atoms with E-state index in [-0.39, 0.29) is 11.9 Å². The van der Waals surface area contributed by atoms with Crippen LogP contribution in [0.1, 0.15) is 75.0 Å². The van der Waals surface area contributed by atoms with Crippen LogP contribution in [-0.2, 0) is 0 Å². The number of aromatic nitrogens is 1. The van der Waals surface area contributed by atoms with Crippen LogP contribution >= 0.6 is 0 Å². The van der Waals surface area contributed by atoms with E-state index in [9.17, 15) is 10.1 Å². The van der Waals surface area contributed by atoms with E-state index in [2.05, 4.69) is 56.1 Å². The first kappa shape index (κ1) is 22.7. The van der Waals surface area contributed by atoms with Gasteiger partial charge in [0.2, 0.25) is 0 Å². The molecule has 0 saturated carbocycles. The van der Waals surface area contributed by atoms with Gasteiger partial charge in [-0.05, 0) is 69.1 Å². The molecule has 156 valence electrons. The van der Waals surface area contributed by atoms with Gasteiger partial charge >= 0.3 is 0 Å². The quantitative estimate of drug-likeness (QED) is 0.635. The van der Waals surface area contributed by atoms with Crippen LogP contribution in [0.5, 0.6) is 0 Å². The third-order valence-electron chi connectivity index (χ3n) is 5.44. The van der Waals surface area contributed by atoms with E-state index in [1.807, 2.05) is 19.1 Å². The van der Waals surface area contributed by atoms with Gasteiger partial charge in [0.25, 0.3) is 5.91 Å². The Kier molecular flexibility index (Phi) is 8.48. The van der Waals surface area contributed by atoms with E-state index < -0.39 is 0 Å². The zero-order valence-electron chi connectivity index (χ0n) is 18.4. The van der Waals surface area contributed by atoms with Crippen LogP contribution in [0.2, 0.25) is 0 Å². The zero-order chi connectivity index (χ0) is 21.4. The zero-order valence-corrected chi connectivity index (χ0v) is 18.4. The SMILES string of the molecule is CCN(CC)CCCC(C)NC(=O)c1c(C#N)ccn1-c1ccc(C(C)C)cc1. The number of nitrogens with zero attached hydrogens (tertiary/aromatic N) is 3. The van der Waals surface area contributed by atoms with Crippen molar-refractivity contribution in [2.24, 2.45) is 0 Å². The second-order valence-corrected chi connectivity index (χ2v) is 7.85. The highest BCUT2D eigenvalue weighted by Crippen LogP contribution is 2.21. The maximum Gasteiger partial charge on any atom is 0.269 e. The number of carbonyl (C=O) groups is 1. The van der Waals surface area contributed by atoms with E-state index in [0.717, 1.165) is 38.2 Å². The van der Waals surface area contributed by atoms with E-state index in [4.69, 9.17) is 0 Å². The van der Waals surface area contributed by atoms with Crippen molar-refractivity contribution in [1.82, 2.24) is 14.8 Å². The molecule has 1 unspecified atom stereocenters. The lowest BCUT2D eigenvalue weighted by Crippen LogP contribution is -2.35. The molecule has 0 saturated heterocycles. The Bertz CT molecular complexity index is 826. The number of nitriles is 1. The summed E-state index contributed by atoms with van der Waals surface area (Å²) >= 11 is 0. The molecular formula is C24H34N4O. The lowest BCUT2D eigenvalue weighted by atomic mass is 10.0. The van der Waals surface area contributed by atoms with Gasteiger partial charge in [-0.15, -0.1) is 0 Å². The number of rotatable bonds is 10. The molecule has 0 spiro atoms. The number of hydrogen-bond donors (Lipinski definition) is 1. The predicted molar refractivity (Wildman–Crippen MR) is 119 cm³/mol. The van der Waals surface area contributed by atoms with E-state index in [1.165, 1.54) is 5.56 Å².